The molecule has 1 aromatic heterocycles. The second-order valence-corrected chi connectivity index (χ2v) is 11.2. The van der Waals surface area contributed by atoms with Gasteiger partial charge in [-0.15, -0.1) is 0 Å². The van der Waals surface area contributed by atoms with Gasteiger partial charge in [0.05, 0.1) is 5.52 Å². The van der Waals surface area contributed by atoms with Gasteiger partial charge in [-0.05, 0) is 75.7 Å². The van der Waals surface area contributed by atoms with Crippen LogP contribution in [0.15, 0.2) is 18.2 Å². The molecule has 198 valence electrons. The molecule has 2 saturated carbocycles. The van der Waals surface area contributed by atoms with Crippen LogP contribution in [0.5, 0.6) is 0 Å². The zero-order valence-electron chi connectivity index (χ0n) is 21.3. The largest absolute Gasteiger partial charge is 0.346 e. The number of nitrogens with one attached hydrogen (secondary N) is 4. The summed E-state index contributed by atoms with van der Waals surface area (Å²) in [5.41, 5.74) is 1.33. The number of hydrogen-bond acceptors (Lipinski definition) is 5. The van der Waals surface area contributed by atoms with Gasteiger partial charge >= 0.3 is 12.1 Å². The highest BCUT2D eigenvalue weighted by atomic mass is 16.2. The smallest absolute Gasteiger partial charge is 0.342 e. The summed E-state index contributed by atoms with van der Waals surface area (Å²) in [6.07, 6.45) is 10.6. The third-order valence-electron chi connectivity index (χ3n) is 8.69. The highest BCUT2D eigenvalue weighted by molar-refractivity contribution is 6.08. The molecule has 37 heavy (non-hydrogen) atoms. The summed E-state index contributed by atoms with van der Waals surface area (Å²) in [7, 11) is 0. The van der Waals surface area contributed by atoms with Crippen LogP contribution in [-0.4, -0.2) is 70.4 Å². The summed E-state index contributed by atoms with van der Waals surface area (Å²) >= 11 is 0. The predicted molar refractivity (Wildman–Crippen MR) is 141 cm³/mol. The molecule has 1 atom stereocenters. The van der Waals surface area contributed by atoms with Crippen LogP contribution in [0.1, 0.15) is 74.7 Å². The van der Waals surface area contributed by atoms with E-state index < -0.39 is 0 Å². The molecule has 4 heterocycles. The van der Waals surface area contributed by atoms with E-state index in [-0.39, 0.29) is 41.8 Å². The Morgan fingerprint density at radius 2 is 1.51 bits per heavy atom. The molecule has 3 saturated heterocycles. The standard InChI is InChI=1S/C27H37N7O3/c35-25(31-22-16-33-13-11-17(22)12-14-33)24-21-15-20(29-26(36)28-18-5-1-2-6-18)9-10-23(21)34(32-24)27(37)30-19-7-3-4-8-19/h9-10,15,17-19,22H,1-8,11-14,16H2,(H,30,37)(H,31,35)(H2,28,29,36)/t22-/m0/s1. The Balaban J connectivity index is 1.26. The minimum Gasteiger partial charge on any atom is -0.346 e. The Labute approximate surface area is 216 Å². The maximum Gasteiger partial charge on any atom is 0.342 e. The topological polar surface area (TPSA) is 120 Å². The number of fused-ring (bicyclic) bond motifs is 4. The molecular formula is C27H37N7O3. The first-order valence-electron chi connectivity index (χ1n) is 14.0. The molecule has 1 aromatic carbocycles. The molecule has 5 aliphatic rings. The fourth-order valence-electron chi connectivity index (χ4n) is 6.61. The lowest BCUT2D eigenvalue weighted by Crippen LogP contribution is -2.57. The lowest BCUT2D eigenvalue weighted by atomic mass is 9.84. The number of piperidine rings is 3. The zero-order chi connectivity index (χ0) is 25.4. The first kappa shape index (κ1) is 24.2. The van der Waals surface area contributed by atoms with Crippen LogP contribution in [0, 0.1) is 5.92 Å². The lowest BCUT2D eigenvalue weighted by Gasteiger charge is -2.44. The van der Waals surface area contributed by atoms with Crippen LogP contribution in [0.2, 0.25) is 0 Å². The van der Waals surface area contributed by atoms with Crippen LogP contribution < -0.4 is 21.3 Å². The van der Waals surface area contributed by atoms with Gasteiger partial charge in [0.25, 0.3) is 5.91 Å². The normalized spacial score (nSPS) is 25.9. The average molecular weight is 508 g/mol. The molecule has 0 radical (unpaired) electrons. The van der Waals surface area contributed by atoms with Crippen molar-refractivity contribution in [3.05, 3.63) is 23.9 Å². The Kier molecular flexibility index (Phi) is 6.75. The summed E-state index contributed by atoms with van der Waals surface area (Å²) in [4.78, 5) is 41.6. The third kappa shape index (κ3) is 5.16. The second-order valence-electron chi connectivity index (χ2n) is 11.2. The lowest BCUT2D eigenvalue weighted by molar-refractivity contribution is 0.0618. The fraction of sp³-hybridized carbons (Fsp3) is 0.630. The molecular weight excluding hydrogens is 470 g/mol. The number of rotatable bonds is 5. The van der Waals surface area contributed by atoms with Crippen LogP contribution in [-0.2, 0) is 0 Å². The number of carbonyl (C=O) groups is 3. The highest BCUT2D eigenvalue weighted by Crippen LogP contribution is 2.29. The van der Waals surface area contributed by atoms with Crippen LogP contribution >= 0.6 is 0 Å². The minimum absolute atomic E-state index is 0.0843. The van der Waals surface area contributed by atoms with E-state index in [1.807, 2.05) is 0 Å². The van der Waals surface area contributed by atoms with E-state index in [4.69, 9.17) is 0 Å². The van der Waals surface area contributed by atoms with E-state index in [0.29, 0.717) is 22.5 Å². The van der Waals surface area contributed by atoms with Crippen molar-refractivity contribution in [2.45, 2.75) is 82.3 Å². The number of nitrogens with zero attached hydrogens (tertiary/aromatic N) is 3. The number of benzene rings is 1. The monoisotopic (exact) mass is 507 g/mol. The van der Waals surface area contributed by atoms with E-state index in [1.54, 1.807) is 18.2 Å². The Hall–Kier alpha value is -3.14. The van der Waals surface area contributed by atoms with E-state index in [2.05, 4.69) is 31.3 Å². The highest BCUT2D eigenvalue weighted by Gasteiger charge is 2.36. The Morgan fingerprint density at radius 3 is 2.16 bits per heavy atom. The number of carbonyl (C=O) groups excluding carboxylic acids is 3. The van der Waals surface area contributed by atoms with E-state index in [0.717, 1.165) is 83.8 Å². The molecule has 10 nitrogen and oxygen atoms in total. The fourth-order valence-corrected chi connectivity index (χ4v) is 6.61. The molecule has 4 amide bonds. The van der Waals surface area contributed by atoms with Crippen molar-refractivity contribution in [1.82, 2.24) is 30.6 Å². The molecule has 5 fully saturated rings. The van der Waals surface area contributed by atoms with Gasteiger partial charge in [0.15, 0.2) is 5.69 Å². The Morgan fingerprint density at radius 1 is 0.838 bits per heavy atom. The van der Waals surface area contributed by atoms with Gasteiger partial charge in [-0.25, -0.2) is 9.59 Å². The summed E-state index contributed by atoms with van der Waals surface area (Å²) in [5, 5.41) is 17.3. The molecule has 2 bridgehead atoms. The van der Waals surface area contributed by atoms with Crippen molar-refractivity contribution >= 4 is 34.6 Å². The third-order valence-corrected chi connectivity index (χ3v) is 8.69. The van der Waals surface area contributed by atoms with Crippen molar-refractivity contribution in [1.29, 1.82) is 0 Å². The number of hydrogen-bond donors (Lipinski definition) is 4. The van der Waals surface area contributed by atoms with Gasteiger partial charge in [0.2, 0.25) is 0 Å². The molecule has 3 aliphatic heterocycles. The molecule has 7 rings (SSSR count). The number of aromatic nitrogens is 2. The van der Waals surface area contributed by atoms with E-state index in [9.17, 15) is 14.4 Å². The van der Waals surface area contributed by atoms with Gasteiger partial charge in [-0.3, -0.25) is 4.79 Å². The van der Waals surface area contributed by atoms with E-state index >= 15 is 0 Å². The summed E-state index contributed by atoms with van der Waals surface area (Å²) in [5.74, 6) is 0.202. The molecule has 2 aromatic rings. The summed E-state index contributed by atoms with van der Waals surface area (Å²) < 4.78 is 1.31. The van der Waals surface area contributed by atoms with Gasteiger partial charge in [-0.2, -0.15) is 9.78 Å². The van der Waals surface area contributed by atoms with Crippen molar-refractivity contribution in [3.8, 4) is 0 Å². The summed E-state index contributed by atoms with van der Waals surface area (Å²) in [6, 6.07) is 5.11. The van der Waals surface area contributed by atoms with Gasteiger partial charge in [0, 0.05) is 35.7 Å². The zero-order valence-corrected chi connectivity index (χ0v) is 21.3. The molecule has 2 aliphatic carbocycles. The van der Waals surface area contributed by atoms with Crippen LogP contribution in [0.25, 0.3) is 10.9 Å². The average Bonchev–Trinajstić information content (AvgIpc) is 3.66. The van der Waals surface area contributed by atoms with Crippen molar-refractivity contribution in [3.63, 3.8) is 0 Å². The SMILES string of the molecule is O=C(Nc1ccc2c(c1)c(C(=O)N[C@H]1CN3CCC1CC3)nn2C(=O)NC1CCCC1)NC1CCCC1. The molecule has 0 unspecified atom stereocenters. The number of urea groups is 1. The van der Waals surface area contributed by atoms with Gasteiger partial charge in [-0.1, -0.05) is 25.7 Å². The summed E-state index contributed by atoms with van der Waals surface area (Å²) in [6.45, 7) is 3.03. The van der Waals surface area contributed by atoms with Crippen LogP contribution in [0.4, 0.5) is 15.3 Å². The molecule has 4 N–H and O–H groups in total. The number of amides is 4. The first-order chi connectivity index (χ1) is 18.0. The van der Waals surface area contributed by atoms with Crippen molar-refractivity contribution in [2.75, 3.05) is 25.0 Å². The van der Waals surface area contributed by atoms with Crippen molar-refractivity contribution < 1.29 is 14.4 Å². The van der Waals surface area contributed by atoms with Gasteiger partial charge < -0.3 is 26.2 Å². The maximum absolute atomic E-state index is 13.5. The quantitative estimate of drug-likeness (QED) is 0.494. The molecule has 10 heteroatoms. The molecule has 0 spiro atoms. The van der Waals surface area contributed by atoms with Crippen LogP contribution in [0.3, 0.4) is 0 Å². The Bertz CT molecular complexity index is 1170. The minimum atomic E-state index is -0.321. The van der Waals surface area contributed by atoms with Crippen molar-refractivity contribution in [2.24, 2.45) is 5.92 Å². The maximum atomic E-state index is 13.5. The van der Waals surface area contributed by atoms with E-state index in [1.165, 1.54) is 4.68 Å². The predicted octanol–water partition coefficient (Wildman–Crippen LogP) is 3.42. The first-order valence-corrected chi connectivity index (χ1v) is 14.0. The number of anilines is 1. The second kappa shape index (κ2) is 10.3. The van der Waals surface area contributed by atoms with Gasteiger partial charge in [0.1, 0.15) is 0 Å².